The maximum absolute atomic E-state index is 12.5. The molecule has 2 aromatic heterocycles. The highest BCUT2D eigenvalue weighted by molar-refractivity contribution is 9.10. The molecule has 0 bridgehead atoms. The minimum absolute atomic E-state index is 0.0841. The summed E-state index contributed by atoms with van der Waals surface area (Å²) in [6.07, 6.45) is 0. The number of halogens is 1. The lowest BCUT2D eigenvalue weighted by molar-refractivity contribution is -0.113. The maximum Gasteiger partial charge on any atom is 0.234 e. The highest BCUT2D eigenvalue weighted by Gasteiger charge is 2.11. The molecule has 140 valence electrons. The molecule has 2 heterocycles. The van der Waals surface area contributed by atoms with Gasteiger partial charge in [0.1, 0.15) is 0 Å². The largest absolute Gasteiger partial charge is 0.331 e. The molecule has 4 aromatic rings. The Kier molecular flexibility index (Phi) is 5.45. The van der Waals surface area contributed by atoms with E-state index in [1.165, 1.54) is 11.8 Å². The van der Waals surface area contributed by atoms with E-state index in [0.29, 0.717) is 10.8 Å². The van der Waals surface area contributed by atoms with E-state index in [9.17, 15) is 4.79 Å². The molecular formula is C21H17BrN4OS. The van der Waals surface area contributed by atoms with Crippen LogP contribution in [-0.4, -0.2) is 26.6 Å². The zero-order valence-corrected chi connectivity index (χ0v) is 17.5. The number of amides is 1. The number of carbonyl (C=O) groups is 1. The van der Waals surface area contributed by atoms with Gasteiger partial charge in [0.2, 0.25) is 5.91 Å². The first kappa shape index (κ1) is 18.7. The van der Waals surface area contributed by atoms with Crippen molar-refractivity contribution in [3.63, 3.8) is 0 Å². The molecule has 0 aliphatic heterocycles. The fraction of sp³-hybridized carbons (Fsp3) is 0.0952. The van der Waals surface area contributed by atoms with Gasteiger partial charge in [-0.3, -0.25) is 4.79 Å². The van der Waals surface area contributed by atoms with E-state index in [-0.39, 0.29) is 11.7 Å². The predicted octanol–water partition coefficient (Wildman–Crippen LogP) is 5.43. The SMILES string of the molecule is Cc1nc2nc(SCC(=O)Nc3ccccc3-c3ccccc3)[nH]c2cc1Br. The summed E-state index contributed by atoms with van der Waals surface area (Å²) in [5, 5.41) is 3.68. The average Bonchev–Trinajstić information content (AvgIpc) is 3.09. The number of thioether (sulfide) groups is 1. The van der Waals surface area contributed by atoms with Gasteiger partial charge in [0.05, 0.1) is 17.0 Å². The number of imidazole rings is 1. The molecule has 0 aliphatic carbocycles. The highest BCUT2D eigenvalue weighted by Crippen LogP contribution is 2.28. The van der Waals surface area contributed by atoms with Gasteiger partial charge in [-0.05, 0) is 40.5 Å². The lowest BCUT2D eigenvalue weighted by Crippen LogP contribution is -2.14. The van der Waals surface area contributed by atoms with Crippen molar-refractivity contribution in [1.82, 2.24) is 15.0 Å². The van der Waals surface area contributed by atoms with E-state index in [0.717, 1.165) is 32.5 Å². The van der Waals surface area contributed by atoms with E-state index in [1.807, 2.05) is 67.6 Å². The smallest absolute Gasteiger partial charge is 0.234 e. The van der Waals surface area contributed by atoms with Crippen LogP contribution in [0.2, 0.25) is 0 Å². The zero-order chi connectivity index (χ0) is 19.5. The summed E-state index contributed by atoms with van der Waals surface area (Å²) < 4.78 is 0.926. The van der Waals surface area contributed by atoms with Crippen molar-refractivity contribution in [3.8, 4) is 11.1 Å². The second-order valence-corrected chi connectivity index (χ2v) is 8.04. The first-order valence-electron chi connectivity index (χ1n) is 8.70. The summed E-state index contributed by atoms with van der Waals surface area (Å²) >= 11 is 4.82. The summed E-state index contributed by atoms with van der Waals surface area (Å²) in [5.74, 6) is 0.169. The summed E-state index contributed by atoms with van der Waals surface area (Å²) in [6.45, 7) is 1.92. The van der Waals surface area contributed by atoms with Crippen LogP contribution in [0.5, 0.6) is 0 Å². The molecule has 1 amide bonds. The van der Waals surface area contributed by atoms with Gasteiger partial charge in [-0.2, -0.15) is 0 Å². The molecule has 0 spiro atoms. The van der Waals surface area contributed by atoms with Crippen LogP contribution in [0.4, 0.5) is 5.69 Å². The number of fused-ring (bicyclic) bond motifs is 1. The number of benzene rings is 2. The molecule has 0 unspecified atom stereocenters. The van der Waals surface area contributed by atoms with Gasteiger partial charge < -0.3 is 10.3 Å². The highest BCUT2D eigenvalue weighted by atomic mass is 79.9. The number of carbonyl (C=O) groups excluding carboxylic acids is 1. The molecule has 5 nitrogen and oxygen atoms in total. The van der Waals surface area contributed by atoms with Gasteiger partial charge in [0.25, 0.3) is 0 Å². The van der Waals surface area contributed by atoms with Crippen LogP contribution in [0, 0.1) is 6.92 Å². The van der Waals surface area contributed by atoms with Gasteiger partial charge in [-0.1, -0.05) is 60.3 Å². The topological polar surface area (TPSA) is 70.7 Å². The second-order valence-electron chi connectivity index (χ2n) is 6.22. The number of hydrogen-bond acceptors (Lipinski definition) is 4. The normalized spacial score (nSPS) is 10.9. The van der Waals surface area contributed by atoms with Crippen molar-refractivity contribution in [2.75, 3.05) is 11.1 Å². The fourth-order valence-electron chi connectivity index (χ4n) is 2.83. The predicted molar refractivity (Wildman–Crippen MR) is 118 cm³/mol. The first-order chi connectivity index (χ1) is 13.6. The molecule has 0 fully saturated rings. The Hall–Kier alpha value is -2.64. The monoisotopic (exact) mass is 452 g/mol. The molecule has 0 saturated carbocycles. The Morgan fingerprint density at radius 2 is 1.86 bits per heavy atom. The van der Waals surface area contributed by atoms with E-state index in [4.69, 9.17) is 0 Å². The van der Waals surface area contributed by atoms with E-state index in [1.54, 1.807) is 0 Å². The van der Waals surface area contributed by atoms with Crippen LogP contribution in [0.15, 0.2) is 70.3 Å². The molecule has 2 aromatic carbocycles. The molecule has 2 N–H and O–H groups in total. The maximum atomic E-state index is 12.5. The van der Waals surface area contributed by atoms with Crippen LogP contribution < -0.4 is 5.32 Å². The number of anilines is 1. The average molecular weight is 453 g/mol. The van der Waals surface area contributed by atoms with Crippen LogP contribution in [0.1, 0.15) is 5.69 Å². The number of nitrogens with zero attached hydrogens (tertiary/aromatic N) is 2. The molecule has 0 saturated heterocycles. The van der Waals surface area contributed by atoms with Crippen molar-refractivity contribution < 1.29 is 4.79 Å². The number of aromatic amines is 1. The van der Waals surface area contributed by atoms with Crippen LogP contribution in [-0.2, 0) is 4.79 Å². The quantitative estimate of drug-likeness (QED) is 0.396. The first-order valence-corrected chi connectivity index (χ1v) is 10.5. The Morgan fingerprint density at radius 3 is 2.68 bits per heavy atom. The molecule has 7 heteroatoms. The standard InChI is InChI=1S/C21H17BrN4OS/c1-13-16(22)11-18-20(23-13)26-21(25-18)28-12-19(27)24-17-10-6-5-9-15(17)14-7-3-2-4-8-14/h2-11H,12H2,1H3,(H,24,27)(H,23,25,26). The van der Waals surface area contributed by atoms with Crippen molar-refractivity contribution in [1.29, 1.82) is 0 Å². The summed E-state index contributed by atoms with van der Waals surface area (Å²) in [5.41, 5.74) is 5.23. The number of aromatic nitrogens is 3. The van der Waals surface area contributed by atoms with Gasteiger partial charge in [0, 0.05) is 15.7 Å². The van der Waals surface area contributed by atoms with Crippen molar-refractivity contribution in [2.45, 2.75) is 12.1 Å². The summed E-state index contributed by atoms with van der Waals surface area (Å²) in [6, 6.07) is 19.8. The zero-order valence-electron chi connectivity index (χ0n) is 15.1. The van der Waals surface area contributed by atoms with E-state index < -0.39 is 0 Å². The van der Waals surface area contributed by atoms with Gasteiger partial charge in [-0.25, -0.2) is 9.97 Å². The third kappa shape index (κ3) is 4.10. The molecular weight excluding hydrogens is 436 g/mol. The minimum atomic E-state index is -0.0841. The van der Waals surface area contributed by atoms with Crippen molar-refractivity contribution in [2.24, 2.45) is 0 Å². The summed E-state index contributed by atoms with van der Waals surface area (Å²) in [4.78, 5) is 24.6. The molecule has 4 rings (SSSR count). The van der Waals surface area contributed by atoms with Crippen LogP contribution in [0.3, 0.4) is 0 Å². The fourth-order valence-corrected chi connectivity index (χ4v) is 3.83. The number of pyridine rings is 1. The van der Waals surface area contributed by atoms with Gasteiger partial charge in [-0.15, -0.1) is 0 Å². The lowest BCUT2D eigenvalue weighted by Gasteiger charge is -2.11. The Morgan fingerprint density at radius 1 is 1.11 bits per heavy atom. The minimum Gasteiger partial charge on any atom is -0.331 e. The van der Waals surface area contributed by atoms with Crippen LogP contribution in [0.25, 0.3) is 22.3 Å². The molecule has 0 aliphatic rings. The van der Waals surface area contributed by atoms with E-state index >= 15 is 0 Å². The molecule has 28 heavy (non-hydrogen) atoms. The van der Waals surface area contributed by atoms with Crippen LogP contribution >= 0.6 is 27.7 Å². The van der Waals surface area contributed by atoms with E-state index in [2.05, 4.69) is 36.2 Å². The molecule has 0 atom stereocenters. The third-order valence-corrected chi connectivity index (χ3v) is 5.88. The Bertz CT molecular complexity index is 1100. The molecule has 0 radical (unpaired) electrons. The van der Waals surface area contributed by atoms with Gasteiger partial charge >= 0.3 is 0 Å². The van der Waals surface area contributed by atoms with Crippen molar-refractivity contribution in [3.05, 3.63) is 70.8 Å². The number of rotatable bonds is 5. The number of para-hydroxylation sites is 1. The van der Waals surface area contributed by atoms with Crippen molar-refractivity contribution >= 4 is 50.5 Å². The summed E-state index contributed by atoms with van der Waals surface area (Å²) in [7, 11) is 0. The number of nitrogens with one attached hydrogen (secondary N) is 2. The Labute approximate surface area is 175 Å². The Balaban J connectivity index is 1.46. The number of aryl methyl sites for hydroxylation is 1. The van der Waals surface area contributed by atoms with Gasteiger partial charge in [0.15, 0.2) is 10.8 Å². The second kappa shape index (κ2) is 8.16. The number of hydrogen-bond donors (Lipinski definition) is 2. The number of H-pyrrole nitrogens is 1. The lowest BCUT2D eigenvalue weighted by atomic mass is 10.0. The third-order valence-electron chi connectivity index (χ3n) is 4.21.